The summed E-state index contributed by atoms with van der Waals surface area (Å²) >= 11 is 0. The van der Waals surface area contributed by atoms with E-state index < -0.39 is 14.4 Å². The van der Waals surface area contributed by atoms with Crippen LogP contribution in [0.4, 0.5) is 0 Å². The molecule has 2 rings (SSSR count). The van der Waals surface area contributed by atoms with Gasteiger partial charge in [-0.3, -0.25) is 0 Å². The van der Waals surface area contributed by atoms with Crippen molar-refractivity contribution in [2.75, 3.05) is 6.61 Å². The molecule has 0 aromatic heterocycles. The minimum Gasteiger partial charge on any atom is -0.403 e. The first-order chi connectivity index (χ1) is 16.9. The van der Waals surface area contributed by atoms with Crippen molar-refractivity contribution in [2.24, 2.45) is 17.8 Å². The maximum Gasteiger partial charge on any atom is 0.261 e. The van der Waals surface area contributed by atoms with Crippen molar-refractivity contribution >= 4 is 18.7 Å². The minimum atomic E-state index is -2.59. The Labute approximate surface area is 223 Å². The second-order valence-corrected chi connectivity index (χ2v) is 16.6. The zero-order valence-electron chi connectivity index (χ0n) is 24.5. The molecule has 0 fully saturated rings. The smallest absolute Gasteiger partial charge is 0.261 e. The molecule has 0 amide bonds. The Morgan fingerprint density at radius 1 is 0.833 bits per heavy atom. The van der Waals surface area contributed by atoms with Crippen LogP contribution in [0.3, 0.4) is 0 Å². The molecular formula is C33H52O2Si. The Bertz CT molecular complexity index is 890. The first-order valence-corrected chi connectivity index (χ1v) is 15.9. The normalized spacial score (nSPS) is 16.7. The quantitative estimate of drug-likeness (QED) is 0.221. The lowest BCUT2D eigenvalue weighted by molar-refractivity contribution is 0.129. The average molecular weight is 509 g/mol. The van der Waals surface area contributed by atoms with Gasteiger partial charge in [-0.05, 0) is 71.0 Å². The molecule has 0 aliphatic carbocycles. The minimum absolute atomic E-state index is 0.0551. The standard InChI is InChI=1S/C33H52O2Si/c1-10-17-25(2)22-26(3)23-27(4)32(34)29(6)28(5)24-35-36(33(7,8)9,30-18-13-11-14-19-30)31-20-15-12-16-21-31/h11-16,18-21,25-27,32,34H,10,17,22-24H2,1-9H3/b29-28-/t25-,26-,27-,32+/m0/s1. The van der Waals surface area contributed by atoms with Crippen LogP contribution in [-0.2, 0) is 4.43 Å². The van der Waals surface area contributed by atoms with E-state index in [1.54, 1.807) is 0 Å². The summed E-state index contributed by atoms with van der Waals surface area (Å²) in [5.74, 6) is 1.61. The van der Waals surface area contributed by atoms with Crippen LogP contribution < -0.4 is 10.4 Å². The first kappa shape index (κ1) is 30.5. The molecule has 4 atom stereocenters. The van der Waals surface area contributed by atoms with E-state index in [4.69, 9.17) is 4.43 Å². The fourth-order valence-electron chi connectivity index (χ4n) is 5.93. The number of benzene rings is 2. The fraction of sp³-hybridized carbons (Fsp3) is 0.576. The molecule has 0 bridgehead atoms. The second kappa shape index (κ2) is 13.7. The van der Waals surface area contributed by atoms with Gasteiger partial charge in [0.1, 0.15) is 0 Å². The van der Waals surface area contributed by atoms with Crippen molar-refractivity contribution in [1.82, 2.24) is 0 Å². The fourth-order valence-corrected chi connectivity index (χ4v) is 10.5. The molecule has 3 heteroatoms. The number of hydrogen-bond acceptors (Lipinski definition) is 2. The molecule has 200 valence electrons. The van der Waals surface area contributed by atoms with Gasteiger partial charge in [0, 0.05) is 0 Å². The molecule has 0 saturated carbocycles. The number of hydrogen-bond donors (Lipinski definition) is 1. The molecule has 0 unspecified atom stereocenters. The highest BCUT2D eigenvalue weighted by Crippen LogP contribution is 2.37. The molecule has 36 heavy (non-hydrogen) atoms. The van der Waals surface area contributed by atoms with E-state index in [1.165, 1.54) is 29.6 Å². The van der Waals surface area contributed by atoms with Crippen molar-refractivity contribution in [2.45, 2.75) is 99.1 Å². The van der Waals surface area contributed by atoms with Crippen LogP contribution in [0.1, 0.15) is 88.0 Å². The maximum atomic E-state index is 11.3. The Morgan fingerprint density at radius 2 is 1.33 bits per heavy atom. The zero-order chi connectivity index (χ0) is 26.9. The molecule has 0 heterocycles. The summed E-state index contributed by atoms with van der Waals surface area (Å²) in [5, 5.41) is 13.8. The van der Waals surface area contributed by atoms with Crippen molar-refractivity contribution in [3.05, 3.63) is 71.8 Å². The van der Waals surface area contributed by atoms with E-state index in [1.807, 2.05) is 0 Å². The van der Waals surface area contributed by atoms with Gasteiger partial charge in [0.05, 0.1) is 12.7 Å². The maximum absolute atomic E-state index is 11.3. The van der Waals surface area contributed by atoms with E-state index >= 15 is 0 Å². The topological polar surface area (TPSA) is 29.5 Å². The van der Waals surface area contributed by atoms with Crippen LogP contribution in [0, 0.1) is 17.8 Å². The third kappa shape index (κ3) is 7.66. The molecule has 0 aliphatic rings. The van der Waals surface area contributed by atoms with Crippen LogP contribution in [-0.4, -0.2) is 26.1 Å². The van der Waals surface area contributed by atoms with E-state index in [9.17, 15) is 5.11 Å². The molecule has 2 nitrogen and oxygen atoms in total. The summed E-state index contributed by atoms with van der Waals surface area (Å²) in [6.07, 6.45) is 4.40. The van der Waals surface area contributed by atoms with Gasteiger partial charge >= 0.3 is 0 Å². The van der Waals surface area contributed by atoms with Crippen LogP contribution in [0.5, 0.6) is 0 Å². The summed E-state index contributed by atoms with van der Waals surface area (Å²) < 4.78 is 7.11. The van der Waals surface area contributed by atoms with Crippen LogP contribution >= 0.6 is 0 Å². The summed E-state index contributed by atoms with van der Waals surface area (Å²) in [6.45, 7) is 20.9. The van der Waals surface area contributed by atoms with E-state index in [-0.39, 0.29) is 11.0 Å². The molecule has 1 N–H and O–H groups in total. The lowest BCUT2D eigenvalue weighted by Crippen LogP contribution is -2.66. The molecular weight excluding hydrogens is 456 g/mol. The van der Waals surface area contributed by atoms with Gasteiger partial charge in [-0.15, -0.1) is 0 Å². The van der Waals surface area contributed by atoms with Crippen LogP contribution in [0.25, 0.3) is 0 Å². The summed E-state index contributed by atoms with van der Waals surface area (Å²) in [5.41, 5.74) is 2.21. The highest BCUT2D eigenvalue weighted by atomic mass is 28.4. The second-order valence-electron chi connectivity index (χ2n) is 12.3. The largest absolute Gasteiger partial charge is 0.403 e. The lowest BCUT2D eigenvalue weighted by Gasteiger charge is -2.43. The third-order valence-corrected chi connectivity index (χ3v) is 12.9. The van der Waals surface area contributed by atoms with E-state index in [0.29, 0.717) is 12.5 Å². The Hall–Kier alpha value is -1.68. The predicted molar refractivity (Wildman–Crippen MR) is 160 cm³/mol. The highest BCUT2D eigenvalue weighted by Gasteiger charge is 2.50. The van der Waals surface area contributed by atoms with E-state index in [2.05, 4.69) is 123 Å². The third-order valence-electron chi connectivity index (χ3n) is 7.94. The number of aliphatic hydroxyl groups excluding tert-OH is 1. The highest BCUT2D eigenvalue weighted by molar-refractivity contribution is 6.99. The van der Waals surface area contributed by atoms with Crippen molar-refractivity contribution in [1.29, 1.82) is 0 Å². The molecule has 0 saturated heterocycles. The molecule has 2 aromatic rings. The SMILES string of the molecule is CCC[C@H](C)C[C@H](C)C[C@H](C)[C@@H](O)/C(C)=C(/C)CO[Si](c1ccccc1)(c1ccccc1)C(C)(C)C. The van der Waals surface area contributed by atoms with Crippen molar-refractivity contribution < 1.29 is 9.53 Å². The van der Waals surface area contributed by atoms with E-state index in [0.717, 1.165) is 23.5 Å². The lowest BCUT2D eigenvalue weighted by atomic mass is 9.84. The van der Waals surface area contributed by atoms with Gasteiger partial charge in [-0.2, -0.15) is 0 Å². The number of aliphatic hydroxyl groups is 1. The van der Waals surface area contributed by atoms with Gasteiger partial charge in [0.15, 0.2) is 0 Å². The Kier molecular flexibility index (Phi) is 11.7. The van der Waals surface area contributed by atoms with Gasteiger partial charge < -0.3 is 9.53 Å². The van der Waals surface area contributed by atoms with Crippen LogP contribution in [0.15, 0.2) is 71.8 Å². The van der Waals surface area contributed by atoms with Gasteiger partial charge in [0.25, 0.3) is 8.32 Å². The molecule has 2 aromatic carbocycles. The summed E-state index contributed by atoms with van der Waals surface area (Å²) in [4.78, 5) is 0. The number of rotatable bonds is 13. The molecule has 0 spiro atoms. The van der Waals surface area contributed by atoms with Gasteiger partial charge in [-0.1, -0.05) is 122 Å². The predicted octanol–water partition coefficient (Wildman–Crippen LogP) is 7.75. The summed E-state index contributed by atoms with van der Waals surface area (Å²) in [7, 11) is -2.59. The van der Waals surface area contributed by atoms with Gasteiger partial charge in [-0.25, -0.2) is 0 Å². The van der Waals surface area contributed by atoms with Gasteiger partial charge in [0.2, 0.25) is 0 Å². The molecule has 0 radical (unpaired) electrons. The Balaban J connectivity index is 2.28. The van der Waals surface area contributed by atoms with Crippen molar-refractivity contribution in [3.63, 3.8) is 0 Å². The zero-order valence-corrected chi connectivity index (χ0v) is 25.5. The molecule has 0 aliphatic heterocycles. The van der Waals surface area contributed by atoms with Crippen LogP contribution in [0.2, 0.25) is 5.04 Å². The summed E-state index contributed by atoms with van der Waals surface area (Å²) in [6, 6.07) is 21.6. The first-order valence-electron chi connectivity index (χ1n) is 14.0. The average Bonchev–Trinajstić information content (AvgIpc) is 2.83. The monoisotopic (exact) mass is 508 g/mol. The van der Waals surface area contributed by atoms with Crippen molar-refractivity contribution in [3.8, 4) is 0 Å². The Morgan fingerprint density at radius 3 is 1.78 bits per heavy atom.